The van der Waals surface area contributed by atoms with Gasteiger partial charge in [-0.3, -0.25) is 4.68 Å². The molecular formula is C12H13BrClN3O. The number of halogens is 2. The van der Waals surface area contributed by atoms with Crippen molar-refractivity contribution in [2.45, 2.75) is 18.9 Å². The van der Waals surface area contributed by atoms with E-state index in [4.69, 9.17) is 11.6 Å². The third-order valence-corrected chi connectivity index (χ3v) is 3.49. The second-order valence-electron chi connectivity index (χ2n) is 4.46. The third-order valence-electron chi connectivity index (χ3n) is 2.69. The van der Waals surface area contributed by atoms with E-state index in [-0.39, 0.29) is 0 Å². The zero-order valence-corrected chi connectivity index (χ0v) is 12.4. The molecule has 0 aliphatic rings. The summed E-state index contributed by atoms with van der Waals surface area (Å²) in [5, 5.41) is 18.9. The van der Waals surface area contributed by atoms with Crippen LogP contribution in [0, 0.1) is 0 Å². The first-order valence-corrected chi connectivity index (χ1v) is 6.59. The van der Waals surface area contributed by atoms with Crippen molar-refractivity contribution in [1.82, 2.24) is 15.0 Å². The Morgan fingerprint density at radius 1 is 1.50 bits per heavy atom. The lowest BCUT2D eigenvalue weighted by Gasteiger charge is -2.24. The first-order valence-electron chi connectivity index (χ1n) is 5.41. The van der Waals surface area contributed by atoms with Gasteiger partial charge in [-0.25, -0.2) is 0 Å². The van der Waals surface area contributed by atoms with Crippen molar-refractivity contribution in [3.05, 3.63) is 45.1 Å². The molecule has 0 spiro atoms. The number of benzene rings is 1. The topological polar surface area (TPSA) is 50.9 Å². The summed E-state index contributed by atoms with van der Waals surface area (Å²) < 4.78 is 2.49. The van der Waals surface area contributed by atoms with Crippen LogP contribution in [0.5, 0.6) is 0 Å². The van der Waals surface area contributed by atoms with Gasteiger partial charge in [0.2, 0.25) is 0 Å². The molecule has 1 aromatic carbocycles. The van der Waals surface area contributed by atoms with Crippen molar-refractivity contribution in [2.75, 3.05) is 0 Å². The van der Waals surface area contributed by atoms with Crippen LogP contribution in [-0.4, -0.2) is 20.1 Å². The van der Waals surface area contributed by atoms with E-state index in [1.165, 1.54) is 0 Å². The summed E-state index contributed by atoms with van der Waals surface area (Å²) >= 11 is 9.50. The summed E-state index contributed by atoms with van der Waals surface area (Å²) in [7, 11) is 1.79. The number of aryl methyl sites for hydroxylation is 1. The van der Waals surface area contributed by atoms with Gasteiger partial charge in [0.15, 0.2) is 0 Å². The highest BCUT2D eigenvalue weighted by atomic mass is 79.9. The number of hydrogen-bond acceptors (Lipinski definition) is 3. The van der Waals surface area contributed by atoms with Gasteiger partial charge in [-0.1, -0.05) is 38.8 Å². The van der Waals surface area contributed by atoms with Gasteiger partial charge in [0, 0.05) is 34.7 Å². The van der Waals surface area contributed by atoms with Gasteiger partial charge in [0.1, 0.15) is 0 Å². The first kappa shape index (κ1) is 13.5. The Morgan fingerprint density at radius 2 is 2.22 bits per heavy atom. The molecule has 0 radical (unpaired) electrons. The SMILES string of the molecule is Cn1cc(CC(C)(O)c2ccc(Br)cc2Cl)nn1. The van der Waals surface area contributed by atoms with Crippen LogP contribution in [0.1, 0.15) is 18.2 Å². The van der Waals surface area contributed by atoms with E-state index in [0.717, 1.165) is 10.2 Å². The Morgan fingerprint density at radius 3 is 2.78 bits per heavy atom. The lowest BCUT2D eigenvalue weighted by Crippen LogP contribution is -2.25. The highest BCUT2D eigenvalue weighted by molar-refractivity contribution is 9.10. The van der Waals surface area contributed by atoms with Crippen LogP contribution >= 0.6 is 27.5 Å². The minimum Gasteiger partial charge on any atom is -0.385 e. The molecule has 96 valence electrons. The predicted molar refractivity (Wildman–Crippen MR) is 73.4 cm³/mol. The number of hydrogen-bond donors (Lipinski definition) is 1. The van der Waals surface area contributed by atoms with Gasteiger partial charge in [-0.2, -0.15) is 0 Å². The van der Waals surface area contributed by atoms with Gasteiger partial charge in [-0.05, 0) is 19.1 Å². The standard InChI is InChI=1S/C12H13BrClN3O/c1-12(18,6-9-7-17(2)16-15-9)10-4-3-8(13)5-11(10)14/h3-5,7,18H,6H2,1-2H3. The Labute approximate surface area is 119 Å². The van der Waals surface area contributed by atoms with Crippen LogP contribution in [0.3, 0.4) is 0 Å². The molecule has 0 saturated carbocycles. The summed E-state index contributed by atoms with van der Waals surface area (Å²) in [6, 6.07) is 5.43. The maximum Gasteiger partial charge on any atom is 0.0939 e. The van der Waals surface area contributed by atoms with Crippen molar-refractivity contribution < 1.29 is 5.11 Å². The number of rotatable bonds is 3. The van der Waals surface area contributed by atoms with Gasteiger partial charge in [-0.15, -0.1) is 5.10 Å². The lowest BCUT2D eigenvalue weighted by molar-refractivity contribution is 0.0566. The smallest absolute Gasteiger partial charge is 0.0939 e. The van der Waals surface area contributed by atoms with Crippen LogP contribution in [0.2, 0.25) is 5.02 Å². The summed E-state index contributed by atoms with van der Waals surface area (Å²) in [6.45, 7) is 1.72. The Balaban J connectivity index is 2.29. The summed E-state index contributed by atoms with van der Waals surface area (Å²) in [6.07, 6.45) is 2.14. The maximum atomic E-state index is 10.5. The summed E-state index contributed by atoms with van der Waals surface area (Å²) in [4.78, 5) is 0. The molecule has 18 heavy (non-hydrogen) atoms. The van der Waals surface area contributed by atoms with E-state index in [0.29, 0.717) is 17.0 Å². The van der Waals surface area contributed by atoms with Gasteiger partial charge in [0.05, 0.1) is 11.3 Å². The number of nitrogens with zero attached hydrogens (tertiary/aromatic N) is 3. The molecule has 1 aromatic heterocycles. The second-order valence-corrected chi connectivity index (χ2v) is 5.78. The molecule has 0 amide bonds. The average molecular weight is 331 g/mol. The minimum absolute atomic E-state index is 0.363. The van der Waals surface area contributed by atoms with Crippen molar-refractivity contribution in [3.63, 3.8) is 0 Å². The number of aromatic nitrogens is 3. The Bertz CT molecular complexity index is 568. The monoisotopic (exact) mass is 329 g/mol. The van der Waals surface area contributed by atoms with Gasteiger partial charge >= 0.3 is 0 Å². The highest BCUT2D eigenvalue weighted by Crippen LogP contribution is 2.32. The molecule has 0 bridgehead atoms. The summed E-state index contributed by atoms with van der Waals surface area (Å²) in [5.41, 5.74) is 0.327. The van der Waals surface area contributed by atoms with E-state index in [1.807, 2.05) is 12.1 Å². The molecule has 6 heteroatoms. The first-order chi connectivity index (χ1) is 8.38. The van der Waals surface area contributed by atoms with E-state index < -0.39 is 5.60 Å². The van der Waals surface area contributed by atoms with Gasteiger partial charge in [0.25, 0.3) is 0 Å². The van der Waals surface area contributed by atoms with E-state index >= 15 is 0 Å². The second kappa shape index (κ2) is 4.99. The Kier molecular flexibility index (Phi) is 3.75. The minimum atomic E-state index is -1.08. The molecule has 0 fully saturated rings. The molecule has 0 saturated heterocycles. The molecule has 1 N–H and O–H groups in total. The normalized spacial score (nSPS) is 14.5. The molecule has 1 unspecified atom stereocenters. The van der Waals surface area contributed by atoms with Crippen LogP contribution in [0.4, 0.5) is 0 Å². The zero-order chi connectivity index (χ0) is 13.3. The van der Waals surface area contributed by atoms with Crippen LogP contribution in [-0.2, 0) is 19.1 Å². The van der Waals surface area contributed by atoms with Crippen LogP contribution in [0.25, 0.3) is 0 Å². The number of aliphatic hydroxyl groups is 1. The van der Waals surface area contributed by atoms with Crippen molar-refractivity contribution in [2.24, 2.45) is 7.05 Å². The zero-order valence-electron chi connectivity index (χ0n) is 10.1. The fourth-order valence-electron chi connectivity index (χ4n) is 1.85. The predicted octanol–water partition coefficient (Wildman–Crippen LogP) is 2.68. The molecule has 2 rings (SSSR count). The lowest BCUT2D eigenvalue weighted by atomic mass is 9.91. The molecule has 1 heterocycles. The van der Waals surface area contributed by atoms with Crippen LogP contribution < -0.4 is 0 Å². The van der Waals surface area contributed by atoms with Crippen molar-refractivity contribution in [1.29, 1.82) is 0 Å². The Hall–Kier alpha value is -0.910. The summed E-state index contributed by atoms with van der Waals surface area (Å²) in [5.74, 6) is 0. The third kappa shape index (κ3) is 2.91. The molecule has 4 nitrogen and oxygen atoms in total. The van der Waals surface area contributed by atoms with Crippen molar-refractivity contribution in [3.8, 4) is 0 Å². The largest absolute Gasteiger partial charge is 0.385 e. The average Bonchev–Trinajstić information content (AvgIpc) is 2.62. The molecule has 2 aromatic rings. The van der Waals surface area contributed by atoms with Crippen LogP contribution in [0.15, 0.2) is 28.9 Å². The van der Waals surface area contributed by atoms with Gasteiger partial charge < -0.3 is 5.11 Å². The molecule has 1 atom stereocenters. The molecule has 0 aliphatic heterocycles. The van der Waals surface area contributed by atoms with E-state index in [2.05, 4.69) is 26.2 Å². The van der Waals surface area contributed by atoms with E-state index in [1.54, 1.807) is 30.9 Å². The fraction of sp³-hybridized carbons (Fsp3) is 0.333. The van der Waals surface area contributed by atoms with Crippen molar-refractivity contribution >= 4 is 27.5 Å². The fourth-order valence-corrected chi connectivity index (χ4v) is 2.73. The maximum absolute atomic E-state index is 10.5. The van der Waals surface area contributed by atoms with E-state index in [9.17, 15) is 5.11 Å². The quantitative estimate of drug-likeness (QED) is 0.941. The molecular weight excluding hydrogens is 318 g/mol. The highest BCUT2D eigenvalue weighted by Gasteiger charge is 2.27. The molecule has 0 aliphatic carbocycles.